The molecule has 0 saturated carbocycles. The molecule has 1 atom stereocenters. The Labute approximate surface area is 171 Å². The molecule has 1 unspecified atom stereocenters. The Hall–Kier alpha value is -2.52. The maximum Gasteiger partial charge on any atom is 0.219 e. The van der Waals surface area contributed by atoms with Crippen LogP contribution in [0.3, 0.4) is 0 Å². The molecule has 1 aliphatic rings. The van der Waals surface area contributed by atoms with Gasteiger partial charge in [0.1, 0.15) is 5.76 Å². The van der Waals surface area contributed by atoms with Crippen LogP contribution in [-0.4, -0.2) is 15.5 Å². The number of benzene rings is 2. The minimum absolute atomic E-state index is 0.00262. The van der Waals surface area contributed by atoms with Crippen molar-refractivity contribution in [1.82, 2.24) is 0 Å². The summed E-state index contributed by atoms with van der Waals surface area (Å²) in [5.41, 5.74) is 5.30. The summed E-state index contributed by atoms with van der Waals surface area (Å²) in [5.74, 6) is 0.225. The van der Waals surface area contributed by atoms with Crippen molar-refractivity contribution in [3.05, 3.63) is 95.8 Å². The van der Waals surface area contributed by atoms with Gasteiger partial charge < -0.3 is 5.11 Å². The average Bonchev–Trinajstić information content (AvgIpc) is 2.99. The lowest BCUT2D eigenvalue weighted by Gasteiger charge is -2.06. The third kappa shape index (κ3) is 5.05. The van der Waals surface area contributed by atoms with Gasteiger partial charge in [0.15, 0.2) is 0 Å². The minimum atomic E-state index is -0.258. The van der Waals surface area contributed by atoms with Crippen molar-refractivity contribution < 1.29 is 9.90 Å². The van der Waals surface area contributed by atoms with E-state index >= 15 is 0 Å². The zero-order valence-corrected chi connectivity index (χ0v) is 17.0. The van der Waals surface area contributed by atoms with Gasteiger partial charge in [0.05, 0.1) is 5.25 Å². The summed E-state index contributed by atoms with van der Waals surface area (Å²) in [4.78, 5) is 12.2. The fourth-order valence-electron chi connectivity index (χ4n) is 3.29. The number of hydrogen-bond donors (Lipinski definition) is 1. The van der Waals surface area contributed by atoms with Crippen molar-refractivity contribution in [3.63, 3.8) is 0 Å². The molecule has 0 radical (unpaired) electrons. The van der Waals surface area contributed by atoms with Gasteiger partial charge in [0.25, 0.3) is 0 Å². The molecule has 0 fully saturated rings. The van der Waals surface area contributed by atoms with Gasteiger partial charge in [0.2, 0.25) is 5.12 Å². The largest absolute Gasteiger partial charge is 0.510 e. The molecule has 3 rings (SSSR count). The number of hydrogen-bond acceptors (Lipinski definition) is 3. The van der Waals surface area contributed by atoms with Gasteiger partial charge in [-0.3, -0.25) is 4.79 Å². The first-order valence-corrected chi connectivity index (χ1v) is 10.5. The number of aliphatic hydroxyl groups is 1. The van der Waals surface area contributed by atoms with Crippen LogP contribution >= 0.6 is 11.8 Å². The number of allylic oxidation sites excluding steroid dienone is 2. The zero-order valence-electron chi connectivity index (χ0n) is 16.2. The number of thioether (sulfide) groups is 1. The smallest absolute Gasteiger partial charge is 0.219 e. The van der Waals surface area contributed by atoms with Gasteiger partial charge in [-0.25, -0.2) is 0 Å². The molecule has 2 aromatic carbocycles. The Morgan fingerprint density at radius 2 is 1.68 bits per heavy atom. The molecule has 1 N–H and O–H groups in total. The number of aliphatic hydroxyl groups excluding tert-OH is 1. The van der Waals surface area contributed by atoms with Crippen LogP contribution in [0.2, 0.25) is 0 Å². The molecule has 1 aliphatic heterocycles. The molecule has 2 nitrogen and oxygen atoms in total. The standard InChI is InChI=1S/C25H26O2S/c1-3-18(2)17-23-24(26)22(25(27)28-23)12-8-7-9-19-13-15-21(16-14-19)20-10-5-4-6-11-20/h3-6,10-11,13-17,23,26H,1,7-9,12H2,2H3/b18-17+. The molecule has 0 saturated heterocycles. The number of carbonyl (C=O) groups is 1. The second-order valence-electron chi connectivity index (χ2n) is 7.07. The lowest BCUT2D eigenvalue weighted by atomic mass is 10.00. The second kappa shape index (κ2) is 9.61. The van der Waals surface area contributed by atoms with E-state index in [9.17, 15) is 9.90 Å². The maximum atomic E-state index is 12.2. The first-order valence-electron chi connectivity index (χ1n) is 9.66. The van der Waals surface area contributed by atoms with Gasteiger partial charge in [-0.1, -0.05) is 90.7 Å². The fraction of sp³-hybridized carbons (Fsp3) is 0.240. The molecule has 28 heavy (non-hydrogen) atoms. The predicted molar refractivity (Wildman–Crippen MR) is 119 cm³/mol. The van der Waals surface area contributed by atoms with Gasteiger partial charge >= 0.3 is 0 Å². The van der Waals surface area contributed by atoms with Crippen LogP contribution in [0, 0.1) is 0 Å². The number of rotatable bonds is 8. The molecule has 0 bridgehead atoms. The first-order chi connectivity index (χ1) is 13.6. The Morgan fingerprint density at radius 1 is 1.04 bits per heavy atom. The van der Waals surface area contributed by atoms with Crippen molar-refractivity contribution in [2.24, 2.45) is 0 Å². The van der Waals surface area contributed by atoms with Crippen molar-refractivity contribution in [3.8, 4) is 11.1 Å². The summed E-state index contributed by atoms with van der Waals surface area (Å²) in [7, 11) is 0. The van der Waals surface area contributed by atoms with E-state index in [-0.39, 0.29) is 16.1 Å². The summed E-state index contributed by atoms with van der Waals surface area (Å²) in [6, 6.07) is 19.0. The predicted octanol–water partition coefficient (Wildman–Crippen LogP) is 6.65. The van der Waals surface area contributed by atoms with Gasteiger partial charge in [0, 0.05) is 5.57 Å². The van der Waals surface area contributed by atoms with E-state index in [2.05, 4.69) is 55.1 Å². The molecule has 0 aromatic heterocycles. The van der Waals surface area contributed by atoms with Crippen molar-refractivity contribution in [2.45, 2.75) is 37.9 Å². The zero-order chi connectivity index (χ0) is 19.9. The van der Waals surface area contributed by atoms with E-state index in [1.54, 1.807) is 6.08 Å². The maximum absolute atomic E-state index is 12.2. The minimum Gasteiger partial charge on any atom is -0.510 e. The van der Waals surface area contributed by atoms with Gasteiger partial charge in [-0.05, 0) is 49.3 Å². The molecule has 0 aliphatic carbocycles. The van der Waals surface area contributed by atoms with E-state index in [1.807, 2.05) is 19.1 Å². The van der Waals surface area contributed by atoms with Gasteiger partial charge in [-0.15, -0.1) is 0 Å². The number of aryl methyl sites for hydroxylation is 1. The Kier molecular flexibility index (Phi) is 6.94. The van der Waals surface area contributed by atoms with Crippen LogP contribution in [0.4, 0.5) is 0 Å². The fourth-order valence-corrected chi connectivity index (χ4v) is 4.41. The van der Waals surface area contributed by atoms with E-state index < -0.39 is 0 Å². The van der Waals surface area contributed by atoms with Crippen LogP contribution < -0.4 is 0 Å². The molecule has 3 heteroatoms. The molecular formula is C25H26O2S. The second-order valence-corrected chi connectivity index (χ2v) is 8.19. The quantitative estimate of drug-likeness (QED) is 0.405. The highest BCUT2D eigenvalue weighted by molar-refractivity contribution is 8.15. The molecule has 0 spiro atoms. The number of unbranched alkanes of at least 4 members (excludes halogenated alkanes) is 1. The third-order valence-electron chi connectivity index (χ3n) is 5.00. The lowest BCUT2D eigenvalue weighted by molar-refractivity contribution is -0.108. The summed E-state index contributed by atoms with van der Waals surface area (Å²) in [6.07, 6.45) is 7.13. The monoisotopic (exact) mass is 390 g/mol. The SMILES string of the molecule is C=C/C(C)=C/C1SC(=O)C(CCCCc2ccc(-c3ccccc3)cc2)=C1O. The van der Waals surface area contributed by atoms with Crippen LogP contribution in [0.5, 0.6) is 0 Å². The van der Waals surface area contributed by atoms with Crippen molar-refractivity contribution in [2.75, 3.05) is 0 Å². The highest BCUT2D eigenvalue weighted by atomic mass is 32.2. The first kappa shape index (κ1) is 20.2. The molecule has 2 aromatic rings. The molecular weight excluding hydrogens is 364 g/mol. The topological polar surface area (TPSA) is 37.3 Å². The highest BCUT2D eigenvalue weighted by Crippen LogP contribution is 2.36. The Balaban J connectivity index is 1.51. The molecule has 144 valence electrons. The van der Waals surface area contributed by atoms with Crippen molar-refractivity contribution in [1.29, 1.82) is 0 Å². The summed E-state index contributed by atoms with van der Waals surface area (Å²) in [5, 5.41) is 10.1. The summed E-state index contributed by atoms with van der Waals surface area (Å²) in [6.45, 7) is 5.64. The number of carbonyl (C=O) groups excluding carboxylic acids is 1. The lowest BCUT2D eigenvalue weighted by Crippen LogP contribution is -1.99. The van der Waals surface area contributed by atoms with E-state index in [4.69, 9.17) is 0 Å². The summed E-state index contributed by atoms with van der Waals surface area (Å²) >= 11 is 1.19. The van der Waals surface area contributed by atoms with Crippen LogP contribution in [0.15, 0.2) is 90.2 Å². The Morgan fingerprint density at radius 3 is 2.36 bits per heavy atom. The van der Waals surface area contributed by atoms with Crippen LogP contribution in [0.25, 0.3) is 11.1 Å². The van der Waals surface area contributed by atoms with Crippen molar-refractivity contribution >= 4 is 16.9 Å². The van der Waals surface area contributed by atoms with Crippen LogP contribution in [-0.2, 0) is 11.2 Å². The highest BCUT2D eigenvalue weighted by Gasteiger charge is 2.31. The van der Waals surface area contributed by atoms with E-state index in [1.165, 1.54) is 28.5 Å². The molecule has 1 heterocycles. The van der Waals surface area contributed by atoms with E-state index in [0.717, 1.165) is 24.8 Å². The molecule has 0 amide bonds. The van der Waals surface area contributed by atoms with Crippen LogP contribution in [0.1, 0.15) is 31.7 Å². The third-order valence-corrected chi connectivity index (χ3v) is 6.07. The normalized spacial score (nSPS) is 17.2. The summed E-state index contributed by atoms with van der Waals surface area (Å²) < 4.78 is 0. The average molecular weight is 391 g/mol. The van der Waals surface area contributed by atoms with Gasteiger partial charge in [-0.2, -0.15) is 0 Å². The Bertz CT molecular complexity index is 892. The van der Waals surface area contributed by atoms with E-state index in [0.29, 0.717) is 12.0 Å².